The van der Waals surface area contributed by atoms with Gasteiger partial charge in [0.05, 0.1) is 10.9 Å². The molecule has 2 nitrogen and oxygen atoms in total. The van der Waals surface area contributed by atoms with Crippen molar-refractivity contribution in [2.75, 3.05) is 5.73 Å². The first-order valence-electron chi connectivity index (χ1n) is 3.41. The molecule has 2 aromatic rings. The highest BCUT2D eigenvalue weighted by Gasteiger charge is 2.11. The zero-order valence-corrected chi connectivity index (χ0v) is 6.07. The molecular weight excluding hydrogens is 162 g/mol. The van der Waals surface area contributed by atoms with Crippen molar-refractivity contribution in [2.45, 2.75) is 0 Å². The molecular formula is C8H6F2N2. The van der Waals surface area contributed by atoms with Gasteiger partial charge in [-0.25, -0.2) is 8.78 Å². The quantitative estimate of drug-likeness (QED) is 0.620. The molecule has 3 N–H and O–H groups in total. The van der Waals surface area contributed by atoms with Crippen LogP contribution in [0.3, 0.4) is 0 Å². The number of rotatable bonds is 0. The maximum Gasteiger partial charge on any atom is 0.175 e. The van der Waals surface area contributed by atoms with Crippen LogP contribution in [-0.2, 0) is 0 Å². The van der Waals surface area contributed by atoms with Gasteiger partial charge in [-0.05, 0) is 12.1 Å². The van der Waals surface area contributed by atoms with E-state index in [9.17, 15) is 8.78 Å². The lowest BCUT2D eigenvalue weighted by molar-refractivity contribution is 0.612. The van der Waals surface area contributed by atoms with Crippen LogP contribution < -0.4 is 5.73 Å². The molecule has 0 bridgehead atoms. The third-order valence-corrected chi connectivity index (χ3v) is 1.74. The van der Waals surface area contributed by atoms with Gasteiger partial charge in [-0.2, -0.15) is 0 Å². The van der Waals surface area contributed by atoms with Crippen molar-refractivity contribution in [3.05, 3.63) is 29.8 Å². The normalized spacial score (nSPS) is 10.8. The van der Waals surface area contributed by atoms with E-state index < -0.39 is 11.6 Å². The van der Waals surface area contributed by atoms with Crippen LogP contribution in [0.25, 0.3) is 10.9 Å². The second-order valence-corrected chi connectivity index (χ2v) is 2.52. The Balaban J connectivity index is 2.97. The molecule has 2 rings (SSSR count). The summed E-state index contributed by atoms with van der Waals surface area (Å²) in [6.07, 6.45) is 0. The van der Waals surface area contributed by atoms with Crippen molar-refractivity contribution in [3.8, 4) is 0 Å². The Morgan fingerprint density at radius 3 is 2.67 bits per heavy atom. The molecule has 0 saturated heterocycles. The molecule has 0 atom stereocenters. The largest absolute Gasteiger partial charge is 0.383 e. The van der Waals surface area contributed by atoms with E-state index in [0.717, 1.165) is 0 Å². The van der Waals surface area contributed by atoms with E-state index in [-0.39, 0.29) is 11.2 Å². The van der Waals surface area contributed by atoms with Crippen molar-refractivity contribution in [3.63, 3.8) is 0 Å². The van der Waals surface area contributed by atoms with Gasteiger partial charge >= 0.3 is 0 Å². The number of halogens is 2. The van der Waals surface area contributed by atoms with E-state index in [2.05, 4.69) is 4.98 Å². The lowest BCUT2D eigenvalue weighted by atomic mass is 10.2. The summed E-state index contributed by atoms with van der Waals surface area (Å²) in [5.74, 6) is -1.45. The topological polar surface area (TPSA) is 41.8 Å². The summed E-state index contributed by atoms with van der Waals surface area (Å²) in [5.41, 5.74) is 5.60. The Bertz CT molecular complexity index is 434. The fraction of sp³-hybridized carbons (Fsp3) is 0. The molecule has 0 aliphatic heterocycles. The van der Waals surface area contributed by atoms with Crippen molar-refractivity contribution in [1.29, 1.82) is 0 Å². The average Bonchev–Trinajstić information content (AvgIpc) is 2.29. The smallest absolute Gasteiger partial charge is 0.175 e. The number of nitrogens with two attached hydrogens (primary N) is 1. The molecule has 1 aromatic heterocycles. The average molecular weight is 168 g/mol. The van der Waals surface area contributed by atoms with Gasteiger partial charge < -0.3 is 10.7 Å². The molecule has 1 heterocycles. The van der Waals surface area contributed by atoms with Crippen molar-refractivity contribution >= 4 is 16.7 Å². The van der Waals surface area contributed by atoms with Crippen molar-refractivity contribution < 1.29 is 8.78 Å². The number of fused-ring (bicyclic) bond motifs is 1. The molecule has 0 spiro atoms. The fourth-order valence-corrected chi connectivity index (χ4v) is 1.19. The summed E-state index contributed by atoms with van der Waals surface area (Å²) in [7, 11) is 0. The zero-order valence-electron chi connectivity index (χ0n) is 6.07. The maximum absolute atomic E-state index is 13.0. The van der Waals surface area contributed by atoms with Gasteiger partial charge in [0.2, 0.25) is 0 Å². The SMILES string of the molecule is Nc1[nH]c2cccc(F)c2c1F. The minimum Gasteiger partial charge on any atom is -0.383 e. The third kappa shape index (κ3) is 0.777. The van der Waals surface area contributed by atoms with E-state index in [1.165, 1.54) is 12.1 Å². The number of anilines is 1. The minimum atomic E-state index is -0.719. The number of aromatic amines is 1. The standard InChI is InChI=1S/C8H6F2N2/c9-4-2-1-3-5-6(4)7(10)8(11)12-5/h1-3,12H,11H2. The van der Waals surface area contributed by atoms with Gasteiger partial charge in [0.25, 0.3) is 0 Å². The highest BCUT2D eigenvalue weighted by molar-refractivity contribution is 5.84. The summed E-state index contributed by atoms with van der Waals surface area (Å²) in [6.45, 7) is 0. The van der Waals surface area contributed by atoms with Crippen LogP contribution in [0, 0.1) is 11.6 Å². The molecule has 0 fully saturated rings. The summed E-state index contributed by atoms with van der Waals surface area (Å²) in [6, 6.07) is 4.25. The van der Waals surface area contributed by atoms with E-state index in [0.29, 0.717) is 5.52 Å². The molecule has 0 aliphatic carbocycles. The molecule has 0 unspecified atom stereocenters. The van der Waals surface area contributed by atoms with Crippen molar-refractivity contribution in [1.82, 2.24) is 4.98 Å². The number of nitrogen functional groups attached to an aromatic ring is 1. The monoisotopic (exact) mass is 168 g/mol. The van der Waals surface area contributed by atoms with Crippen LogP contribution >= 0.6 is 0 Å². The Morgan fingerprint density at radius 2 is 2.00 bits per heavy atom. The van der Waals surface area contributed by atoms with E-state index in [1.54, 1.807) is 6.07 Å². The van der Waals surface area contributed by atoms with E-state index in [4.69, 9.17) is 5.73 Å². The van der Waals surface area contributed by atoms with Crippen LogP contribution in [0.15, 0.2) is 18.2 Å². The predicted octanol–water partition coefficient (Wildman–Crippen LogP) is 2.03. The molecule has 0 saturated carbocycles. The van der Waals surface area contributed by atoms with E-state index >= 15 is 0 Å². The van der Waals surface area contributed by atoms with Crippen molar-refractivity contribution in [2.24, 2.45) is 0 Å². The van der Waals surface area contributed by atoms with Crippen LogP contribution in [0.5, 0.6) is 0 Å². The summed E-state index contributed by atoms with van der Waals surface area (Å²) in [4.78, 5) is 2.53. The Kier molecular flexibility index (Phi) is 1.30. The molecule has 62 valence electrons. The molecule has 0 radical (unpaired) electrons. The van der Waals surface area contributed by atoms with Gasteiger partial charge in [-0.1, -0.05) is 6.07 Å². The fourth-order valence-electron chi connectivity index (χ4n) is 1.19. The van der Waals surface area contributed by atoms with E-state index in [1.807, 2.05) is 0 Å². The Labute approximate surface area is 67.0 Å². The molecule has 0 amide bonds. The van der Waals surface area contributed by atoms with Crippen LogP contribution in [-0.4, -0.2) is 4.98 Å². The van der Waals surface area contributed by atoms with Crippen LogP contribution in [0.4, 0.5) is 14.6 Å². The number of H-pyrrole nitrogens is 1. The number of aromatic nitrogens is 1. The second-order valence-electron chi connectivity index (χ2n) is 2.52. The Hall–Kier alpha value is -1.58. The summed E-state index contributed by atoms with van der Waals surface area (Å²) >= 11 is 0. The zero-order chi connectivity index (χ0) is 8.72. The number of hydrogen-bond acceptors (Lipinski definition) is 1. The highest BCUT2D eigenvalue weighted by Crippen LogP contribution is 2.24. The third-order valence-electron chi connectivity index (χ3n) is 1.74. The highest BCUT2D eigenvalue weighted by atomic mass is 19.1. The number of nitrogens with one attached hydrogen (secondary N) is 1. The summed E-state index contributed by atoms with van der Waals surface area (Å²) in [5, 5.41) is -0.0741. The number of hydrogen-bond donors (Lipinski definition) is 2. The lowest BCUT2D eigenvalue weighted by Gasteiger charge is -1.89. The number of benzene rings is 1. The first kappa shape index (κ1) is 7.09. The van der Waals surface area contributed by atoms with Crippen LogP contribution in [0.1, 0.15) is 0 Å². The first-order valence-corrected chi connectivity index (χ1v) is 3.41. The molecule has 4 heteroatoms. The molecule has 12 heavy (non-hydrogen) atoms. The predicted molar refractivity (Wildman–Crippen MR) is 42.6 cm³/mol. The van der Waals surface area contributed by atoms with Gasteiger partial charge in [0, 0.05) is 0 Å². The minimum absolute atomic E-state index is 0.0741. The Morgan fingerprint density at radius 1 is 1.25 bits per heavy atom. The van der Waals surface area contributed by atoms with Gasteiger partial charge in [0.15, 0.2) is 5.82 Å². The molecule has 0 aliphatic rings. The lowest BCUT2D eigenvalue weighted by Crippen LogP contribution is -1.86. The van der Waals surface area contributed by atoms with Gasteiger partial charge in [-0.15, -0.1) is 0 Å². The molecule has 1 aromatic carbocycles. The first-order chi connectivity index (χ1) is 5.70. The van der Waals surface area contributed by atoms with Gasteiger partial charge in [0.1, 0.15) is 11.6 Å². The second kappa shape index (κ2) is 2.20. The van der Waals surface area contributed by atoms with Crippen LogP contribution in [0.2, 0.25) is 0 Å². The maximum atomic E-state index is 13.0. The van der Waals surface area contributed by atoms with Gasteiger partial charge in [-0.3, -0.25) is 0 Å². The summed E-state index contributed by atoms with van der Waals surface area (Å²) < 4.78 is 26.0.